The Morgan fingerprint density at radius 2 is 1.68 bits per heavy atom. The van der Waals surface area contributed by atoms with Gasteiger partial charge in [0, 0.05) is 39.8 Å². The zero-order valence-electron chi connectivity index (χ0n) is 16.3. The summed E-state index contributed by atoms with van der Waals surface area (Å²) in [7, 11) is 0. The average molecular weight is 405 g/mol. The Morgan fingerprint density at radius 1 is 0.774 bits per heavy atom. The number of fused-ring (bicyclic) bond motifs is 2. The second-order valence-electron chi connectivity index (χ2n) is 7.36. The van der Waals surface area contributed by atoms with Crippen LogP contribution in [0.3, 0.4) is 0 Å². The smallest absolute Gasteiger partial charge is 0.131 e. The Morgan fingerprint density at radius 3 is 2.55 bits per heavy atom. The van der Waals surface area contributed by atoms with Gasteiger partial charge in [-0.1, -0.05) is 30.3 Å². The highest BCUT2D eigenvalue weighted by molar-refractivity contribution is 6.01. The van der Waals surface area contributed by atoms with Crippen LogP contribution in [0, 0.1) is 5.82 Å². The number of aromatic amines is 2. The van der Waals surface area contributed by atoms with Crippen molar-refractivity contribution in [3.8, 4) is 33.8 Å². The summed E-state index contributed by atoms with van der Waals surface area (Å²) < 4.78 is 14.5. The van der Waals surface area contributed by atoms with Gasteiger partial charge in [-0.05, 0) is 42.0 Å². The van der Waals surface area contributed by atoms with E-state index in [-0.39, 0.29) is 5.82 Å². The van der Waals surface area contributed by atoms with Gasteiger partial charge in [-0.3, -0.25) is 15.1 Å². The highest BCUT2D eigenvalue weighted by Gasteiger charge is 2.15. The van der Waals surface area contributed by atoms with Gasteiger partial charge in [-0.2, -0.15) is 5.10 Å². The van der Waals surface area contributed by atoms with Crippen LogP contribution in [0.15, 0.2) is 85.3 Å². The molecule has 0 radical (unpaired) electrons. The van der Waals surface area contributed by atoms with E-state index in [1.807, 2.05) is 48.5 Å². The minimum absolute atomic E-state index is 0.241. The fourth-order valence-electron chi connectivity index (χ4n) is 3.99. The third-order valence-electron chi connectivity index (χ3n) is 5.49. The van der Waals surface area contributed by atoms with E-state index in [0.29, 0.717) is 5.56 Å². The van der Waals surface area contributed by atoms with Crippen molar-refractivity contribution in [3.63, 3.8) is 0 Å². The molecule has 0 unspecified atom stereocenters. The lowest BCUT2D eigenvalue weighted by molar-refractivity contribution is 0.631. The molecule has 0 spiro atoms. The molecular weight excluding hydrogens is 389 g/mol. The molecule has 6 heteroatoms. The summed E-state index contributed by atoms with van der Waals surface area (Å²) in [5.74, 6) is -0.241. The first-order valence-electron chi connectivity index (χ1n) is 9.89. The molecule has 2 aromatic carbocycles. The predicted molar refractivity (Wildman–Crippen MR) is 120 cm³/mol. The first-order chi connectivity index (χ1) is 15.3. The van der Waals surface area contributed by atoms with Gasteiger partial charge in [0.05, 0.1) is 23.1 Å². The van der Waals surface area contributed by atoms with E-state index < -0.39 is 0 Å². The van der Waals surface area contributed by atoms with Crippen LogP contribution in [0.2, 0.25) is 0 Å². The number of halogens is 1. The minimum Gasteiger partial charge on any atom is -0.353 e. The second-order valence-corrected chi connectivity index (χ2v) is 7.36. The van der Waals surface area contributed by atoms with E-state index in [2.05, 4.69) is 25.1 Å². The van der Waals surface area contributed by atoms with Gasteiger partial charge in [0.15, 0.2) is 0 Å². The Balaban J connectivity index is 1.53. The number of nitrogens with zero attached hydrogens (tertiary/aromatic N) is 3. The quantitative estimate of drug-likeness (QED) is 0.381. The van der Waals surface area contributed by atoms with E-state index in [1.54, 1.807) is 30.7 Å². The Kier molecular flexibility index (Phi) is 3.89. The lowest BCUT2D eigenvalue weighted by atomic mass is 10.0. The summed E-state index contributed by atoms with van der Waals surface area (Å²) in [6.07, 6.45) is 5.31. The number of pyridine rings is 2. The molecule has 0 aliphatic heterocycles. The molecule has 5 nitrogen and oxygen atoms in total. The van der Waals surface area contributed by atoms with E-state index in [0.717, 1.165) is 50.0 Å². The summed E-state index contributed by atoms with van der Waals surface area (Å²) in [4.78, 5) is 12.2. The summed E-state index contributed by atoms with van der Waals surface area (Å²) in [5, 5.41) is 9.48. The van der Waals surface area contributed by atoms with Crippen molar-refractivity contribution in [2.75, 3.05) is 0 Å². The molecule has 0 atom stereocenters. The van der Waals surface area contributed by atoms with Crippen LogP contribution < -0.4 is 0 Å². The lowest BCUT2D eigenvalue weighted by Gasteiger charge is -2.04. The summed E-state index contributed by atoms with van der Waals surface area (Å²) in [6.45, 7) is 0. The van der Waals surface area contributed by atoms with E-state index >= 15 is 0 Å². The SMILES string of the molecule is Fc1ccccc1-c1cccc2[nH]c(-c3n[nH]c4cnc(-c5cccnc5)cc34)cc12. The van der Waals surface area contributed by atoms with E-state index in [9.17, 15) is 4.39 Å². The molecule has 4 heterocycles. The molecule has 0 aliphatic rings. The third-order valence-corrected chi connectivity index (χ3v) is 5.49. The number of rotatable bonds is 3. The van der Waals surface area contributed by atoms with Crippen LogP contribution in [-0.2, 0) is 0 Å². The van der Waals surface area contributed by atoms with E-state index in [1.165, 1.54) is 6.07 Å². The summed E-state index contributed by atoms with van der Waals surface area (Å²) in [5.41, 5.74) is 6.60. The molecule has 4 aromatic heterocycles. The van der Waals surface area contributed by atoms with Gasteiger partial charge in [0.1, 0.15) is 11.5 Å². The van der Waals surface area contributed by atoms with Crippen molar-refractivity contribution in [3.05, 3.63) is 91.1 Å². The average Bonchev–Trinajstić information content (AvgIpc) is 3.43. The van der Waals surface area contributed by atoms with Crippen molar-refractivity contribution >= 4 is 21.8 Å². The first-order valence-corrected chi connectivity index (χ1v) is 9.89. The largest absolute Gasteiger partial charge is 0.353 e. The van der Waals surface area contributed by atoms with Crippen molar-refractivity contribution in [1.29, 1.82) is 0 Å². The topological polar surface area (TPSA) is 70.2 Å². The second kappa shape index (κ2) is 6.88. The summed E-state index contributed by atoms with van der Waals surface area (Å²) >= 11 is 0. The zero-order valence-corrected chi connectivity index (χ0v) is 16.3. The number of nitrogens with one attached hydrogen (secondary N) is 2. The standard InChI is InChI=1S/C25H16FN5/c26-20-8-2-1-6-17(20)16-7-3-9-21-18(16)11-23(29-21)25-19-12-22(15-5-4-10-27-13-15)28-14-24(19)30-31-25/h1-14,29H,(H,30,31). The normalized spacial score (nSPS) is 11.4. The molecule has 0 saturated carbocycles. The fraction of sp³-hybridized carbons (Fsp3) is 0. The van der Waals surface area contributed by atoms with Gasteiger partial charge in [-0.15, -0.1) is 0 Å². The van der Waals surface area contributed by atoms with Crippen LogP contribution in [0.4, 0.5) is 4.39 Å². The summed E-state index contributed by atoms with van der Waals surface area (Å²) in [6, 6.07) is 20.6. The Hall–Kier alpha value is -4.32. The predicted octanol–water partition coefficient (Wildman–Crippen LogP) is 5.97. The van der Waals surface area contributed by atoms with Crippen molar-refractivity contribution in [2.45, 2.75) is 0 Å². The monoisotopic (exact) mass is 405 g/mol. The zero-order chi connectivity index (χ0) is 20.8. The lowest BCUT2D eigenvalue weighted by Crippen LogP contribution is -1.85. The maximum Gasteiger partial charge on any atom is 0.131 e. The molecule has 0 aliphatic carbocycles. The van der Waals surface area contributed by atoms with Crippen LogP contribution >= 0.6 is 0 Å². The molecule has 6 rings (SSSR count). The molecule has 0 fully saturated rings. The maximum atomic E-state index is 14.5. The van der Waals surface area contributed by atoms with Crippen molar-refractivity contribution in [2.24, 2.45) is 0 Å². The Labute approximate surface area is 176 Å². The molecule has 0 bridgehead atoms. The molecule has 148 valence electrons. The fourth-order valence-corrected chi connectivity index (χ4v) is 3.99. The molecule has 0 saturated heterocycles. The van der Waals surface area contributed by atoms with E-state index in [4.69, 9.17) is 0 Å². The van der Waals surface area contributed by atoms with Gasteiger partial charge in [-0.25, -0.2) is 4.39 Å². The van der Waals surface area contributed by atoms with Gasteiger partial charge < -0.3 is 4.98 Å². The Bertz CT molecular complexity index is 1550. The number of hydrogen-bond donors (Lipinski definition) is 2. The number of H-pyrrole nitrogens is 2. The van der Waals surface area contributed by atoms with Crippen molar-refractivity contribution < 1.29 is 4.39 Å². The van der Waals surface area contributed by atoms with Gasteiger partial charge >= 0.3 is 0 Å². The molecule has 31 heavy (non-hydrogen) atoms. The molecule has 6 aromatic rings. The highest BCUT2D eigenvalue weighted by atomic mass is 19.1. The van der Waals surface area contributed by atoms with Crippen LogP contribution in [0.5, 0.6) is 0 Å². The third kappa shape index (κ3) is 2.88. The van der Waals surface area contributed by atoms with Crippen LogP contribution in [0.25, 0.3) is 55.6 Å². The van der Waals surface area contributed by atoms with Crippen molar-refractivity contribution in [1.82, 2.24) is 25.1 Å². The maximum absolute atomic E-state index is 14.5. The first kappa shape index (κ1) is 17.5. The van der Waals surface area contributed by atoms with Crippen LogP contribution in [0.1, 0.15) is 0 Å². The molecule has 2 N–H and O–H groups in total. The van der Waals surface area contributed by atoms with Crippen LogP contribution in [-0.4, -0.2) is 25.1 Å². The molecular formula is C25H16FN5. The number of benzene rings is 2. The van der Waals surface area contributed by atoms with Gasteiger partial charge in [0.25, 0.3) is 0 Å². The number of hydrogen-bond acceptors (Lipinski definition) is 3. The number of aromatic nitrogens is 5. The van der Waals surface area contributed by atoms with Gasteiger partial charge in [0.2, 0.25) is 0 Å². The minimum atomic E-state index is -0.241. The molecule has 0 amide bonds. The highest BCUT2D eigenvalue weighted by Crippen LogP contribution is 2.35.